The average molecular weight is 288 g/mol. The monoisotopic (exact) mass is 288 g/mol. The van der Waals surface area contributed by atoms with Gasteiger partial charge in [-0.25, -0.2) is 19.9 Å². The number of hydrogen-bond donors (Lipinski definition) is 1. The molecule has 3 aromatic rings. The molecule has 19 heavy (non-hydrogen) atoms. The predicted molar refractivity (Wildman–Crippen MR) is 78.3 cm³/mol. The molecule has 4 rings (SSSR count). The summed E-state index contributed by atoms with van der Waals surface area (Å²) in [5.41, 5.74) is 3.50. The van der Waals surface area contributed by atoms with E-state index in [1.165, 1.54) is 20.3 Å². The van der Waals surface area contributed by atoms with Crippen molar-refractivity contribution in [3.63, 3.8) is 0 Å². The first-order valence-electron chi connectivity index (χ1n) is 6.11. The Labute approximate surface area is 117 Å². The zero-order valence-electron chi connectivity index (χ0n) is 10.4. The Morgan fingerprint density at radius 2 is 1.95 bits per heavy atom. The zero-order chi connectivity index (χ0) is 12.8. The molecule has 0 aliphatic carbocycles. The highest BCUT2D eigenvalue weighted by Crippen LogP contribution is 2.51. The molecule has 1 unspecified atom stereocenters. The van der Waals surface area contributed by atoms with Crippen molar-refractivity contribution in [3.05, 3.63) is 35.4 Å². The summed E-state index contributed by atoms with van der Waals surface area (Å²) in [6, 6.07) is 2.06. The van der Waals surface area contributed by atoms with Crippen LogP contribution in [0.4, 0.5) is 0 Å². The molecular formula is C13H12N4S2. The molecule has 4 nitrogen and oxygen atoms in total. The van der Waals surface area contributed by atoms with Crippen LogP contribution in [-0.2, 0) is 6.42 Å². The van der Waals surface area contributed by atoms with E-state index in [1.54, 1.807) is 24.0 Å². The molecule has 0 saturated heterocycles. The molecular weight excluding hydrogens is 276 g/mol. The summed E-state index contributed by atoms with van der Waals surface area (Å²) in [5, 5.41) is 4.49. The number of rotatable bonds is 1. The van der Waals surface area contributed by atoms with Gasteiger partial charge in [-0.05, 0) is 30.5 Å². The quantitative estimate of drug-likeness (QED) is 0.552. The summed E-state index contributed by atoms with van der Waals surface area (Å²) in [6.45, 7) is 2.07. The van der Waals surface area contributed by atoms with Gasteiger partial charge in [-0.2, -0.15) is 10.9 Å². The number of thiophene rings is 1. The lowest BCUT2D eigenvalue weighted by Crippen LogP contribution is -1.94. The lowest BCUT2D eigenvalue weighted by molar-refractivity contribution is 0.939. The van der Waals surface area contributed by atoms with Gasteiger partial charge in [-0.1, -0.05) is 0 Å². The molecule has 1 atom stereocenters. The van der Waals surface area contributed by atoms with Gasteiger partial charge in [0, 0.05) is 11.3 Å². The average Bonchev–Trinajstić information content (AvgIpc) is 3.05. The van der Waals surface area contributed by atoms with E-state index in [0.29, 0.717) is 0 Å². The van der Waals surface area contributed by atoms with E-state index < -0.39 is 10.9 Å². The van der Waals surface area contributed by atoms with Crippen molar-refractivity contribution in [2.45, 2.75) is 23.4 Å². The molecule has 1 aliphatic rings. The number of hydrogen-bond acceptors (Lipinski definition) is 5. The van der Waals surface area contributed by atoms with Gasteiger partial charge in [0.2, 0.25) is 0 Å². The Hall–Kier alpha value is -1.53. The topological polar surface area (TPSA) is 51.6 Å². The highest BCUT2D eigenvalue weighted by molar-refractivity contribution is 8.17. The van der Waals surface area contributed by atoms with Crippen LogP contribution in [0.15, 0.2) is 34.2 Å². The number of nitrogens with zero attached hydrogens (tertiary/aromatic N) is 4. The van der Waals surface area contributed by atoms with Crippen molar-refractivity contribution in [2.24, 2.45) is 0 Å². The van der Waals surface area contributed by atoms with Crippen LogP contribution in [0.2, 0.25) is 0 Å². The van der Waals surface area contributed by atoms with E-state index in [2.05, 4.69) is 38.3 Å². The maximum Gasteiger partial charge on any atom is 0.117 e. The SMILES string of the molecule is Cc1ncnc2c1CC[SH]2c1ncnc2ccsc12. The van der Waals surface area contributed by atoms with Crippen molar-refractivity contribution in [1.82, 2.24) is 19.9 Å². The van der Waals surface area contributed by atoms with Gasteiger partial charge in [-0.15, -0.1) is 11.3 Å². The van der Waals surface area contributed by atoms with Gasteiger partial charge in [0.25, 0.3) is 0 Å². The fraction of sp³-hybridized carbons (Fsp3) is 0.231. The van der Waals surface area contributed by atoms with Crippen LogP contribution < -0.4 is 0 Å². The smallest absolute Gasteiger partial charge is 0.117 e. The molecule has 0 saturated carbocycles. The number of fused-ring (bicyclic) bond motifs is 2. The fourth-order valence-electron chi connectivity index (χ4n) is 2.52. The Bertz CT molecular complexity index is 768. The van der Waals surface area contributed by atoms with Crippen LogP contribution in [0, 0.1) is 6.92 Å². The molecule has 0 amide bonds. The van der Waals surface area contributed by atoms with Gasteiger partial charge in [0.05, 0.1) is 15.2 Å². The van der Waals surface area contributed by atoms with Crippen molar-refractivity contribution in [3.8, 4) is 0 Å². The standard InChI is InChI=1S/C13H12N4S2/c1-8-9-3-5-19(12(9)16-6-14-8)13-11-10(2-4-18-11)15-7-17-13/h2,4,6-7,19H,3,5H2,1H3. The molecule has 3 aromatic heterocycles. The van der Waals surface area contributed by atoms with Crippen LogP contribution in [0.1, 0.15) is 11.3 Å². The van der Waals surface area contributed by atoms with Crippen LogP contribution >= 0.6 is 22.2 Å². The van der Waals surface area contributed by atoms with Crippen molar-refractivity contribution < 1.29 is 0 Å². The third kappa shape index (κ3) is 1.67. The largest absolute Gasteiger partial charge is 0.241 e. The summed E-state index contributed by atoms with van der Waals surface area (Å²) in [5.74, 6) is 1.13. The fourth-order valence-corrected chi connectivity index (χ4v) is 6.15. The highest BCUT2D eigenvalue weighted by atomic mass is 32.2. The highest BCUT2D eigenvalue weighted by Gasteiger charge is 2.26. The second-order valence-electron chi connectivity index (χ2n) is 4.50. The number of aryl methyl sites for hydroxylation is 1. The minimum Gasteiger partial charge on any atom is -0.241 e. The molecule has 0 aromatic carbocycles. The van der Waals surface area contributed by atoms with Gasteiger partial charge in [0.15, 0.2) is 0 Å². The van der Waals surface area contributed by atoms with E-state index in [1.807, 2.05) is 0 Å². The normalized spacial score (nSPS) is 19.7. The van der Waals surface area contributed by atoms with Crippen LogP contribution in [0.5, 0.6) is 0 Å². The van der Waals surface area contributed by atoms with Crippen molar-refractivity contribution >= 4 is 32.4 Å². The third-order valence-electron chi connectivity index (χ3n) is 3.46. The lowest BCUT2D eigenvalue weighted by atomic mass is 10.2. The van der Waals surface area contributed by atoms with E-state index >= 15 is 0 Å². The molecule has 0 spiro atoms. The van der Waals surface area contributed by atoms with Gasteiger partial charge < -0.3 is 0 Å². The van der Waals surface area contributed by atoms with Crippen LogP contribution in [0.25, 0.3) is 10.2 Å². The minimum atomic E-state index is -0.438. The molecule has 0 radical (unpaired) electrons. The molecule has 1 aliphatic heterocycles. The summed E-state index contributed by atoms with van der Waals surface area (Å²) < 4.78 is 1.22. The van der Waals surface area contributed by atoms with E-state index in [9.17, 15) is 0 Å². The molecule has 0 N–H and O–H groups in total. The van der Waals surface area contributed by atoms with Crippen molar-refractivity contribution in [1.29, 1.82) is 0 Å². The Morgan fingerprint density at radius 3 is 2.89 bits per heavy atom. The molecule has 4 heterocycles. The minimum absolute atomic E-state index is 0.438. The first kappa shape index (κ1) is 11.3. The maximum absolute atomic E-state index is 4.56. The first-order valence-corrected chi connectivity index (χ1v) is 8.51. The van der Waals surface area contributed by atoms with Crippen LogP contribution in [-0.4, -0.2) is 25.7 Å². The number of aromatic nitrogens is 4. The van der Waals surface area contributed by atoms with Gasteiger partial charge in [0.1, 0.15) is 17.7 Å². The molecule has 96 valence electrons. The van der Waals surface area contributed by atoms with E-state index in [0.717, 1.165) is 23.4 Å². The van der Waals surface area contributed by atoms with E-state index in [-0.39, 0.29) is 0 Å². The molecule has 0 bridgehead atoms. The van der Waals surface area contributed by atoms with Gasteiger partial charge >= 0.3 is 0 Å². The third-order valence-corrected chi connectivity index (χ3v) is 6.94. The number of thiol groups is 1. The maximum atomic E-state index is 4.56. The second kappa shape index (κ2) is 4.25. The summed E-state index contributed by atoms with van der Waals surface area (Å²) >= 11 is 1.73. The summed E-state index contributed by atoms with van der Waals surface area (Å²) in [4.78, 5) is 17.7. The molecule has 6 heteroatoms. The predicted octanol–water partition coefficient (Wildman–Crippen LogP) is 2.77. The Balaban J connectivity index is 1.92. The zero-order valence-corrected chi connectivity index (χ0v) is 12.1. The Kier molecular flexibility index (Phi) is 2.53. The van der Waals surface area contributed by atoms with E-state index in [4.69, 9.17) is 0 Å². The second-order valence-corrected chi connectivity index (χ2v) is 7.56. The Morgan fingerprint density at radius 1 is 1.11 bits per heavy atom. The summed E-state index contributed by atoms with van der Waals surface area (Å²) in [7, 11) is -0.438. The summed E-state index contributed by atoms with van der Waals surface area (Å²) in [6.07, 6.45) is 4.44. The first-order chi connectivity index (χ1) is 9.34. The van der Waals surface area contributed by atoms with Crippen LogP contribution in [0.3, 0.4) is 0 Å². The van der Waals surface area contributed by atoms with Gasteiger partial charge in [-0.3, -0.25) is 0 Å². The van der Waals surface area contributed by atoms with Crippen molar-refractivity contribution in [2.75, 3.05) is 5.75 Å². The lowest BCUT2D eigenvalue weighted by Gasteiger charge is -2.15. The molecule has 0 fully saturated rings.